The van der Waals surface area contributed by atoms with E-state index < -0.39 is 0 Å². The van der Waals surface area contributed by atoms with Crippen molar-refractivity contribution in [1.29, 1.82) is 0 Å². The second-order valence-electron chi connectivity index (χ2n) is 7.88. The number of ether oxygens (including phenoxy) is 1. The summed E-state index contributed by atoms with van der Waals surface area (Å²) >= 11 is 4.73. The highest BCUT2D eigenvalue weighted by molar-refractivity contribution is 8.01. The number of aromatic nitrogens is 3. The molecule has 2 saturated heterocycles. The number of hydrogen-bond donors (Lipinski definition) is 1. The van der Waals surface area contributed by atoms with Gasteiger partial charge in [-0.1, -0.05) is 35.2 Å². The molecule has 3 aromatic rings. The molecule has 2 aromatic heterocycles. The van der Waals surface area contributed by atoms with Crippen molar-refractivity contribution in [3.8, 4) is 0 Å². The second kappa shape index (κ2) is 9.81. The van der Waals surface area contributed by atoms with Crippen LogP contribution in [0.15, 0.2) is 28.6 Å². The van der Waals surface area contributed by atoms with Gasteiger partial charge in [-0.2, -0.15) is 0 Å². The lowest BCUT2D eigenvalue weighted by Gasteiger charge is -2.31. The number of nitrogens with one attached hydrogen (secondary N) is 1. The molecule has 0 spiro atoms. The van der Waals surface area contributed by atoms with Gasteiger partial charge in [0.15, 0.2) is 4.34 Å². The Labute approximate surface area is 193 Å². The van der Waals surface area contributed by atoms with Gasteiger partial charge in [-0.05, 0) is 37.8 Å². The van der Waals surface area contributed by atoms with E-state index in [9.17, 15) is 4.79 Å². The SMILES string of the molecule is O=C(CSc1nnc(NC[C@H]2CCCO2)s1)N1CCC[C@@H](c2nc3ccccc3s2)C1. The molecule has 1 N–H and O–H groups in total. The fourth-order valence-corrected chi connectivity index (χ4v) is 6.79. The Kier molecular flexibility index (Phi) is 6.68. The van der Waals surface area contributed by atoms with E-state index in [0.717, 1.165) is 71.9 Å². The number of hydrogen-bond acceptors (Lipinski definition) is 9. The number of fused-ring (bicyclic) bond motifs is 1. The largest absolute Gasteiger partial charge is 0.376 e. The van der Waals surface area contributed by atoms with Gasteiger partial charge in [0.05, 0.1) is 27.1 Å². The molecular formula is C21H25N5O2S3. The third kappa shape index (κ3) is 5.19. The maximum Gasteiger partial charge on any atom is 0.233 e. The molecule has 1 amide bonds. The number of piperidine rings is 1. The molecule has 0 aliphatic carbocycles. The summed E-state index contributed by atoms with van der Waals surface area (Å²) in [4.78, 5) is 19.6. The maximum atomic E-state index is 12.8. The van der Waals surface area contributed by atoms with Gasteiger partial charge in [-0.15, -0.1) is 21.5 Å². The Balaban J connectivity index is 1.12. The lowest BCUT2D eigenvalue weighted by atomic mass is 9.99. The Morgan fingerprint density at radius 3 is 3.03 bits per heavy atom. The van der Waals surface area contributed by atoms with Crippen molar-refractivity contribution in [2.24, 2.45) is 0 Å². The summed E-state index contributed by atoms with van der Waals surface area (Å²) in [7, 11) is 0. The normalized spacial score (nSPS) is 21.6. The van der Waals surface area contributed by atoms with Gasteiger partial charge < -0.3 is 15.0 Å². The average Bonchev–Trinajstić information content (AvgIpc) is 3.56. The zero-order valence-corrected chi connectivity index (χ0v) is 19.6. The van der Waals surface area contributed by atoms with Crippen LogP contribution in [0.5, 0.6) is 0 Å². The van der Waals surface area contributed by atoms with E-state index in [1.807, 2.05) is 11.0 Å². The number of carbonyl (C=O) groups is 1. The summed E-state index contributed by atoms with van der Waals surface area (Å²) in [6.45, 7) is 3.19. The monoisotopic (exact) mass is 475 g/mol. The number of anilines is 1. The van der Waals surface area contributed by atoms with Crippen molar-refractivity contribution < 1.29 is 9.53 Å². The molecule has 0 radical (unpaired) electrons. The summed E-state index contributed by atoms with van der Waals surface area (Å²) in [5.41, 5.74) is 1.06. The van der Waals surface area contributed by atoms with Gasteiger partial charge in [0, 0.05) is 32.2 Å². The molecule has 2 aliphatic heterocycles. The first-order chi connectivity index (χ1) is 15.2. The standard InChI is InChI=1S/C21H25N5O2S3/c27-18(13-29-21-25-24-20(31-21)22-11-15-6-4-10-28-15)26-9-3-5-14(12-26)19-23-16-7-1-2-8-17(16)30-19/h1-2,7-8,14-15H,3-6,9-13H2,(H,22,24)/t14-,15-/m1/s1. The fraction of sp³-hybridized carbons (Fsp3) is 0.524. The highest BCUT2D eigenvalue weighted by Crippen LogP contribution is 2.33. The third-order valence-electron chi connectivity index (χ3n) is 5.66. The molecule has 164 valence electrons. The highest BCUT2D eigenvalue weighted by Gasteiger charge is 2.27. The fourth-order valence-electron chi connectivity index (χ4n) is 4.03. The summed E-state index contributed by atoms with van der Waals surface area (Å²) in [5.74, 6) is 0.891. The first-order valence-corrected chi connectivity index (χ1v) is 13.3. The predicted octanol–water partition coefficient (Wildman–Crippen LogP) is 4.24. The lowest BCUT2D eigenvalue weighted by Crippen LogP contribution is -2.40. The van der Waals surface area contributed by atoms with E-state index in [2.05, 4.69) is 33.7 Å². The lowest BCUT2D eigenvalue weighted by molar-refractivity contribution is -0.129. The zero-order valence-electron chi connectivity index (χ0n) is 17.2. The molecular weight excluding hydrogens is 450 g/mol. The van der Waals surface area contributed by atoms with Gasteiger partial charge in [0.25, 0.3) is 0 Å². The first-order valence-electron chi connectivity index (χ1n) is 10.7. The molecule has 2 fully saturated rings. The number of para-hydroxylation sites is 1. The van der Waals surface area contributed by atoms with E-state index >= 15 is 0 Å². The van der Waals surface area contributed by atoms with Crippen LogP contribution in [0.3, 0.4) is 0 Å². The molecule has 4 heterocycles. The number of rotatable bonds is 7. The van der Waals surface area contributed by atoms with E-state index in [0.29, 0.717) is 11.7 Å². The first kappa shape index (κ1) is 21.1. The number of carbonyl (C=O) groups excluding carboxylic acids is 1. The van der Waals surface area contributed by atoms with Gasteiger partial charge in [-0.25, -0.2) is 4.98 Å². The molecule has 0 bridgehead atoms. The minimum absolute atomic E-state index is 0.167. The van der Waals surface area contributed by atoms with Crippen molar-refractivity contribution in [1.82, 2.24) is 20.1 Å². The summed E-state index contributed by atoms with van der Waals surface area (Å²) in [6, 6.07) is 8.25. The number of thioether (sulfide) groups is 1. The van der Waals surface area contributed by atoms with Crippen LogP contribution >= 0.6 is 34.4 Å². The molecule has 2 aliphatic rings. The minimum Gasteiger partial charge on any atom is -0.376 e. The van der Waals surface area contributed by atoms with E-state index in [-0.39, 0.29) is 12.0 Å². The summed E-state index contributed by atoms with van der Waals surface area (Å²) in [5, 5.41) is 13.6. The molecule has 10 heteroatoms. The molecule has 7 nitrogen and oxygen atoms in total. The molecule has 31 heavy (non-hydrogen) atoms. The van der Waals surface area contributed by atoms with Crippen molar-refractivity contribution in [2.75, 3.05) is 37.3 Å². The highest BCUT2D eigenvalue weighted by atomic mass is 32.2. The second-order valence-corrected chi connectivity index (χ2v) is 11.1. The Hall–Kier alpha value is -1.75. The number of likely N-dealkylation sites (tertiary alicyclic amines) is 1. The molecule has 1 aromatic carbocycles. The van der Waals surface area contributed by atoms with E-state index in [4.69, 9.17) is 9.72 Å². The van der Waals surface area contributed by atoms with Gasteiger partial charge in [-0.3, -0.25) is 4.79 Å². The predicted molar refractivity (Wildman–Crippen MR) is 126 cm³/mol. The van der Waals surface area contributed by atoms with Crippen LogP contribution in [0, 0.1) is 0 Å². The Morgan fingerprint density at radius 2 is 2.16 bits per heavy atom. The number of nitrogens with zero attached hydrogens (tertiary/aromatic N) is 4. The van der Waals surface area contributed by atoms with Crippen molar-refractivity contribution in [2.45, 2.75) is 42.0 Å². The van der Waals surface area contributed by atoms with Crippen molar-refractivity contribution in [3.63, 3.8) is 0 Å². The van der Waals surface area contributed by atoms with Crippen molar-refractivity contribution in [3.05, 3.63) is 29.3 Å². The average molecular weight is 476 g/mol. The van der Waals surface area contributed by atoms with E-state index in [1.54, 1.807) is 11.3 Å². The minimum atomic E-state index is 0.167. The Bertz CT molecular complexity index is 1000. The van der Waals surface area contributed by atoms with Gasteiger partial charge in [0.2, 0.25) is 11.0 Å². The summed E-state index contributed by atoms with van der Waals surface area (Å²) in [6.07, 6.45) is 4.60. The quantitative estimate of drug-likeness (QED) is 0.512. The number of benzene rings is 1. The zero-order chi connectivity index (χ0) is 21.0. The van der Waals surface area contributed by atoms with Crippen LogP contribution in [0.2, 0.25) is 0 Å². The molecule has 2 atom stereocenters. The van der Waals surface area contributed by atoms with Crippen molar-refractivity contribution >= 4 is 55.7 Å². The van der Waals surface area contributed by atoms with Crippen LogP contribution in [0.25, 0.3) is 10.2 Å². The number of amides is 1. The van der Waals surface area contributed by atoms with E-state index in [1.165, 1.54) is 27.8 Å². The Morgan fingerprint density at radius 1 is 1.23 bits per heavy atom. The maximum absolute atomic E-state index is 12.8. The smallest absolute Gasteiger partial charge is 0.233 e. The number of thiazole rings is 1. The van der Waals surface area contributed by atoms with Gasteiger partial charge >= 0.3 is 0 Å². The topological polar surface area (TPSA) is 80.2 Å². The molecule has 0 unspecified atom stereocenters. The van der Waals surface area contributed by atoms with Crippen LogP contribution in [-0.4, -0.2) is 64.1 Å². The van der Waals surface area contributed by atoms with Crippen LogP contribution in [0.1, 0.15) is 36.6 Å². The van der Waals surface area contributed by atoms with Crippen LogP contribution < -0.4 is 5.32 Å². The third-order valence-corrected chi connectivity index (χ3v) is 8.86. The van der Waals surface area contributed by atoms with Crippen LogP contribution in [-0.2, 0) is 9.53 Å². The molecule has 0 saturated carbocycles. The molecule has 5 rings (SSSR count). The summed E-state index contributed by atoms with van der Waals surface area (Å²) < 4.78 is 7.66. The van der Waals surface area contributed by atoms with Crippen LogP contribution in [0.4, 0.5) is 5.13 Å². The van der Waals surface area contributed by atoms with Gasteiger partial charge in [0.1, 0.15) is 0 Å².